The average Bonchev–Trinajstić information content (AvgIpc) is 2.14. The van der Waals surface area contributed by atoms with Crippen molar-refractivity contribution >= 4 is 27.8 Å². The van der Waals surface area contributed by atoms with Crippen LogP contribution in [-0.4, -0.2) is 26.1 Å². The van der Waals surface area contributed by atoms with E-state index in [4.69, 9.17) is 21.4 Å². The van der Waals surface area contributed by atoms with E-state index in [1.807, 2.05) is 0 Å². The summed E-state index contributed by atoms with van der Waals surface area (Å²) in [6.07, 6.45) is 0. The first kappa shape index (κ1) is 12.7. The molecule has 0 unspecified atom stereocenters. The first-order valence-electron chi connectivity index (χ1n) is 3.89. The Morgan fingerprint density at radius 2 is 2.12 bits per heavy atom. The van der Waals surface area contributed by atoms with Gasteiger partial charge in [0.25, 0.3) is 0 Å². The molecule has 0 aliphatic heterocycles. The molecule has 8 heteroatoms. The van der Waals surface area contributed by atoms with Gasteiger partial charge < -0.3 is 9.84 Å². The van der Waals surface area contributed by atoms with Crippen LogP contribution in [0.1, 0.15) is 0 Å². The minimum absolute atomic E-state index is 0.0310. The summed E-state index contributed by atoms with van der Waals surface area (Å²) in [5.74, 6) is -1.24. The molecule has 16 heavy (non-hydrogen) atoms. The van der Waals surface area contributed by atoms with Gasteiger partial charge in [0.15, 0.2) is 6.61 Å². The van der Waals surface area contributed by atoms with E-state index < -0.39 is 27.7 Å². The van der Waals surface area contributed by atoms with Crippen molar-refractivity contribution in [3.05, 3.63) is 23.2 Å². The molecule has 0 spiro atoms. The van der Waals surface area contributed by atoms with Gasteiger partial charge in [0.2, 0.25) is 0 Å². The third-order valence-electron chi connectivity index (χ3n) is 1.54. The molecule has 0 amide bonds. The molecule has 1 N–H and O–H groups in total. The monoisotopic (exact) mass is 268 g/mol. The van der Waals surface area contributed by atoms with E-state index in [0.717, 1.165) is 18.2 Å². The molecule has 1 aromatic rings. The summed E-state index contributed by atoms with van der Waals surface area (Å²) in [4.78, 5) is 9.58. The minimum Gasteiger partial charge on any atom is -0.480 e. The standard InChI is InChI=1S/C8H6ClFO5S/c9-6-3-5(16(10,13)14)1-2-7(6)15-4-8(11)12/h1-3H,4H2,(H,11,12). The fraction of sp³-hybridized carbons (Fsp3) is 0.125. The first-order chi connectivity index (χ1) is 7.30. The van der Waals surface area contributed by atoms with Crippen molar-refractivity contribution in [2.45, 2.75) is 4.90 Å². The van der Waals surface area contributed by atoms with E-state index in [-0.39, 0.29) is 10.8 Å². The Labute approximate surface area is 95.6 Å². The van der Waals surface area contributed by atoms with Crippen LogP contribution >= 0.6 is 11.6 Å². The van der Waals surface area contributed by atoms with Gasteiger partial charge >= 0.3 is 16.2 Å². The summed E-state index contributed by atoms with van der Waals surface area (Å²) in [7, 11) is -4.83. The third kappa shape index (κ3) is 3.35. The van der Waals surface area contributed by atoms with Crippen molar-refractivity contribution in [1.82, 2.24) is 0 Å². The first-order valence-corrected chi connectivity index (χ1v) is 5.65. The van der Waals surface area contributed by atoms with Crippen LogP contribution < -0.4 is 4.74 Å². The molecule has 0 fully saturated rings. The zero-order valence-electron chi connectivity index (χ0n) is 7.68. The number of aliphatic carboxylic acids is 1. The molecule has 5 nitrogen and oxygen atoms in total. The van der Waals surface area contributed by atoms with E-state index in [1.165, 1.54) is 0 Å². The van der Waals surface area contributed by atoms with Crippen LogP contribution in [0.5, 0.6) is 5.75 Å². The highest BCUT2D eigenvalue weighted by molar-refractivity contribution is 7.86. The molecule has 0 saturated heterocycles. The Balaban J connectivity index is 2.96. The van der Waals surface area contributed by atoms with Crippen LogP contribution in [0.3, 0.4) is 0 Å². The number of halogens is 2. The Kier molecular flexibility index (Phi) is 3.71. The number of carboxylic acid groups (broad SMARTS) is 1. The maximum absolute atomic E-state index is 12.5. The Morgan fingerprint density at radius 1 is 1.50 bits per heavy atom. The molecule has 0 heterocycles. The van der Waals surface area contributed by atoms with Crippen LogP contribution in [0.15, 0.2) is 23.1 Å². The van der Waals surface area contributed by atoms with E-state index in [9.17, 15) is 17.1 Å². The van der Waals surface area contributed by atoms with Gasteiger partial charge in [0, 0.05) is 0 Å². The zero-order valence-corrected chi connectivity index (χ0v) is 9.26. The second-order valence-electron chi connectivity index (χ2n) is 2.71. The highest BCUT2D eigenvalue weighted by Crippen LogP contribution is 2.27. The molecular formula is C8H6ClFO5S. The Morgan fingerprint density at radius 3 is 2.56 bits per heavy atom. The van der Waals surface area contributed by atoms with Crippen LogP contribution in [0.25, 0.3) is 0 Å². The van der Waals surface area contributed by atoms with Gasteiger partial charge in [0.05, 0.1) is 5.02 Å². The lowest BCUT2D eigenvalue weighted by Gasteiger charge is -2.05. The van der Waals surface area contributed by atoms with E-state index in [1.54, 1.807) is 0 Å². The summed E-state index contributed by atoms with van der Waals surface area (Å²) < 4.78 is 38.2. The van der Waals surface area contributed by atoms with Crippen molar-refractivity contribution in [2.24, 2.45) is 0 Å². The lowest BCUT2D eigenvalue weighted by atomic mass is 10.3. The highest BCUT2D eigenvalue weighted by Gasteiger charge is 2.14. The predicted octanol–water partition coefficient (Wildman–Crippen LogP) is 1.46. The number of hydrogen-bond donors (Lipinski definition) is 1. The topological polar surface area (TPSA) is 80.7 Å². The summed E-state index contributed by atoms with van der Waals surface area (Å²) in [6.45, 7) is -0.624. The van der Waals surface area contributed by atoms with Gasteiger partial charge in [-0.25, -0.2) is 4.79 Å². The van der Waals surface area contributed by atoms with E-state index in [0.29, 0.717) is 0 Å². The molecule has 0 aliphatic carbocycles. The molecule has 88 valence electrons. The highest BCUT2D eigenvalue weighted by atomic mass is 35.5. The molecule has 0 saturated carbocycles. The summed E-state index contributed by atoms with van der Waals surface area (Å²) in [5, 5.41) is 8.14. The van der Waals surface area contributed by atoms with Gasteiger partial charge in [-0.1, -0.05) is 11.6 Å². The Hall–Kier alpha value is -1.34. The van der Waals surface area contributed by atoms with Gasteiger partial charge in [-0.3, -0.25) is 0 Å². The second kappa shape index (κ2) is 4.67. The van der Waals surface area contributed by atoms with E-state index >= 15 is 0 Å². The number of hydrogen-bond acceptors (Lipinski definition) is 4. The summed E-state index contributed by atoms with van der Waals surface area (Å²) >= 11 is 5.57. The van der Waals surface area contributed by atoms with Gasteiger partial charge in [-0.15, -0.1) is 3.89 Å². The van der Waals surface area contributed by atoms with Crippen molar-refractivity contribution in [2.75, 3.05) is 6.61 Å². The fourth-order valence-corrected chi connectivity index (χ4v) is 1.68. The maximum Gasteiger partial charge on any atom is 0.341 e. The SMILES string of the molecule is O=C(O)COc1ccc(S(=O)(=O)F)cc1Cl. The smallest absolute Gasteiger partial charge is 0.341 e. The molecule has 0 atom stereocenters. The molecule has 0 aromatic heterocycles. The predicted molar refractivity (Wildman–Crippen MR) is 52.9 cm³/mol. The third-order valence-corrected chi connectivity index (χ3v) is 2.65. The van der Waals surface area contributed by atoms with Crippen LogP contribution in [0.4, 0.5) is 3.89 Å². The van der Waals surface area contributed by atoms with Gasteiger partial charge in [-0.05, 0) is 18.2 Å². The molecule has 0 bridgehead atoms. The van der Waals surface area contributed by atoms with E-state index in [2.05, 4.69) is 0 Å². The number of carbonyl (C=O) groups is 1. The summed E-state index contributed by atoms with van der Waals surface area (Å²) in [5.41, 5.74) is 0. The van der Waals surface area contributed by atoms with Crippen molar-refractivity contribution < 1.29 is 26.9 Å². The van der Waals surface area contributed by atoms with Gasteiger partial charge in [0.1, 0.15) is 10.6 Å². The number of ether oxygens (including phenoxy) is 1. The lowest BCUT2D eigenvalue weighted by molar-refractivity contribution is -0.139. The van der Waals surface area contributed by atoms with Crippen molar-refractivity contribution in [3.63, 3.8) is 0 Å². The summed E-state index contributed by atoms with van der Waals surface area (Å²) in [6, 6.07) is 2.85. The fourth-order valence-electron chi connectivity index (χ4n) is 0.890. The van der Waals surface area contributed by atoms with Gasteiger partial charge in [-0.2, -0.15) is 8.42 Å². The van der Waals surface area contributed by atoms with Crippen LogP contribution in [0, 0.1) is 0 Å². The largest absolute Gasteiger partial charge is 0.480 e. The maximum atomic E-state index is 12.5. The van der Waals surface area contributed by atoms with Crippen LogP contribution in [-0.2, 0) is 15.0 Å². The Bertz CT molecular complexity index is 513. The molecule has 0 aliphatic rings. The molecular weight excluding hydrogens is 263 g/mol. The quantitative estimate of drug-likeness (QED) is 0.836. The van der Waals surface area contributed by atoms with Crippen molar-refractivity contribution in [1.29, 1.82) is 0 Å². The van der Waals surface area contributed by atoms with Crippen LogP contribution in [0.2, 0.25) is 5.02 Å². The zero-order chi connectivity index (χ0) is 12.3. The number of rotatable bonds is 4. The average molecular weight is 269 g/mol. The molecule has 1 rings (SSSR count). The minimum atomic E-state index is -4.83. The number of carboxylic acids is 1. The second-order valence-corrected chi connectivity index (χ2v) is 4.47. The molecule has 1 aromatic carbocycles. The normalized spacial score (nSPS) is 11.1. The van der Waals surface area contributed by atoms with Crippen molar-refractivity contribution in [3.8, 4) is 5.75 Å². The number of benzene rings is 1. The molecule has 0 radical (unpaired) electrons. The lowest BCUT2D eigenvalue weighted by Crippen LogP contribution is -2.09.